The standard InChI is InChI=1S/C28H30FN7O/c1-35-19-22(16-33-35)21-7-11-25(12-8-21)36(28(37)32-15-20-5-3-2-4-6-20)26-13-9-24(10-14-26)34-27-30-17-23(29)18-31-27/h2-8,11-12,16-19,24,26H,9-10,13-15H2,1H3,(H,32,37)(H,30,31,34). The van der Waals surface area contributed by atoms with Crippen molar-refractivity contribution < 1.29 is 9.18 Å². The second kappa shape index (κ2) is 11.2. The Bertz CT molecular complexity index is 1300. The minimum Gasteiger partial charge on any atom is -0.351 e. The maximum atomic E-state index is 13.5. The number of benzene rings is 2. The van der Waals surface area contributed by atoms with Crippen molar-refractivity contribution in [2.45, 2.75) is 44.3 Å². The number of halogens is 1. The van der Waals surface area contributed by atoms with E-state index in [0.29, 0.717) is 12.5 Å². The minimum absolute atomic E-state index is 0.0483. The smallest absolute Gasteiger partial charge is 0.322 e. The van der Waals surface area contributed by atoms with E-state index in [1.165, 1.54) is 0 Å². The molecule has 37 heavy (non-hydrogen) atoms. The van der Waals surface area contributed by atoms with E-state index in [-0.39, 0.29) is 18.1 Å². The van der Waals surface area contributed by atoms with E-state index in [9.17, 15) is 9.18 Å². The molecule has 4 aromatic rings. The molecule has 2 amide bonds. The quantitative estimate of drug-likeness (QED) is 0.367. The summed E-state index contributed by atoms with van der Waals surface area (Å²) >= 11 is 0. The first kappa shape index (κ1) is 24.4. The average Bonchev–Trinajstić information content (AvgIpc) is 3.37. The van der Waals surface area contributed by atoms with E-state index in [1.54, 1.807) is 4.68 Å². The molecule has 0 saturated heterocycles. The fourth-order valence-corrected chi connectivity index (χ4v) is 4.79. The van der Waals surface area contributed by atoms with Gasteiger partial charge in [-0.05, 0) is 48.9 Å². The lowest BCUT2D eigenvalue weighted by Crippen LogP contribution is -2.48. The average molecular weight is 500 g/mol. The van der Waals surface area contributed by atoms with Crippen LogP contribution in [0.4, 0.5) is 20.8 Å². The van der Waals surface area contributed by atoms with Gasteiger partial charge < -0.3 is 10.6 Å². The monoisotopic (exact) mass is 499 g/mol. The largest absolute Gasteiger partial charge is 0.351 e. The van der Waals surface area contributed by atoms with Gasteiger partial charge in [-0.3, -0.25) is 9.58 Å². The molecule has 5 rings (SSSR count). The molecule has 2 heterocycles. The third kappa shape index (κ3) is 6.11. The van der Waals surface area contributed by atoms with E-state index in [1.807, 2.05) is 78.9 Å². The Labute approximate surface area is 215 Å². The second-order valence-corrected chi connectivity index (χ2v) is 9.34. The topological polar surface area (TPSA) is 88.0 Å². The third-order valence-corrected chi connectivity index (χ3v) is 6.70. The van der Waals surface area contributed by atoms with Gasteiger partial charge in [-0.2, -0.15) is 5.10 Å². The van der Waals surface area contributed by atoms with E-state index in [0.717, 1.165) is 60.5 Å². The molecule has 0 bridgehead atoms. The van der Waals surface area contributed by atoms with Crippen molar-refractivity contribution >= 4 is 17.7 Å². The Morgan fingerprint density at radius 1 is 0.973 bits per heavy atom. The Kier molecular flexibility index (Phi) is 7.39. The number of nitrogens with zero attached hydrogens (tertiary/aromatic N) is 5. The summed E-state index contributed by atoms with van der Waals surface area (Å²) in [5.74, 6) is -0.0331. The number of carbonyl (C=O) groups excluding carboxylic acids is 1. The predicted molar refractivity (Wildman–Crippen MR) is 141 cm³/mol. The highest BCUT2D eigenvalue weighted by molar-refractivity contribution is 5.93. The van der Waals surface area contributed by atoms with E-state index < -0.39 is 5.82 Å². The molecule has 2 N–H and O–H groups in total. The van der Waals surface area contributed by atoms with Crippen LogP contribution < -0.4 is 15.5 Å². The van der Waals surface area contributed by atoms with Gasteiger partial charge in [-0.25, -0.2) is 19.2 Å². The van der Waals surface area contributed by atoms with Gasteiger partial charge in [0, 0.05) is 43.1 Å². The molecular formula is C28H30FN7O. The lowest BCUT2D eigenvalue weighted by molar-refractivity contribution is 0.240. The number of urea groups is 1. The van der Waals surface area contributed by atoms with Crippen molar-refractivity contribution in [1.82, 2.24) is 25.1 Å². The van der Waals surface area contributed by atoms with Crippen LogP contribution in [0.25, 0.3) is 11.1 Å². The number of aromatic nitrogens is 4. The van der Waals surface area contributed by atoms with Crippen molar-refractivity contribution in [3.8, 4) is 11.1 Å². The first-order valence-electron chi connectivity index (χ1n) is 12.5. The Balaban J connectivity index is 1.30. The fourth-order valence-electron chi connectivity index (χ4n) is 4.79. The van der Waals surface area contributed by atoms with Crippen LogP contribution >= 0.6 is 0 Å². The fraction of sp³-hybridized carbons (Fsp3) is 0.286. The summed E-state index contributed by atoms with van der Waals surface area (Å²) in [7, 11) is 1.89. The first-order chi connectivity index (χ1) is 18.0. The van der Waals surface area contributed by atoms with E-state index in [2.05, 4.69) is 25.7 Å². The second-order valence-electron chi connectivity index (χ2n) is 9.34. The van der Waals surface area contributed by atoms with Crippen LogP contribution in [-0.2, 0) is 13.6 Å². The Morgan fingerprint density at radius 2 is 1.68 bits per heavy atom. The van der Waals surface area contributed by atoms with E-state index >= 15 is 0 Å². The van der Waals surface area contributed by atoms with Gasteiger partial charge in [0.1, 0.15) is 0 Å². The molecule has 0 atom stereocenters. The van der Waals surface area contributed by atoms with Crippen LogP contribution in [-0.4, -0.2) is 37.9 Å². The summed E-state index contributed by atoms with van der Waals surface area (Å²) in [4.78, 5) is 23.4. The number of hydrogen-bond donors (Lipinski definition) is 2. The van der Waals surface area contributed by atoms with Crippen LogP contribution in [0.5, 0.6) is 0 Å². The normalized spacial score (nSPS) is 17.2. The van der Waals surface area contributed by atoms with Crippen LogP contribution in [0, 0.1) is 5.82 Å². The highest BCUT2D eigenvalue weighted by Crippen LogP contribution is 2.30. The van der Waals surface area contributed by atoms with Gasteiger partial charge in [0.2, 0.25) is 5.95 Å². The summed E-state index contributed by atoms with van der Waals surface area (Å²) in [6.45, 7) is 0.461. The molecule has 2 aromatic heterocycles. The van der Waals surface area contributed by atoms with Crippen molar-refractivity contribution in [2.75, 3.05) is 10.2 Å². The zero-order valence-corrected chi connectivity index (χ0v) is 20.7. The molecule has 2 aromatic carbocycles. The molecule has 1 fully saturated rings. The Morgan fingerprint density at radius 3 is 2.32 bits per heavy atom. The van der Waals surface area contributed by atoms with Crippen LogP contribution in [0.1, 0.15) is 31.2 Å². The number of aryl methyl sites for hydroxylation is 1. The molecule has 8 nitrogen and oxygen atoms in total. The summed E-state index contributed by atoms with van der Waals surface area (Å²) in [6.07, 6.45) is 9.47. The minimum atomic E-state index is -0.457. The molecule has 1 aliphatic rings. The molecule has 1 saturated carbocycles. The molecular weight excluding hydrogens is 469 g/mol. The molecule has 1 aliphatic carbocycles. The molecule has 0 radical (unpaired) electrons. The maximum absolute atomic E-state index is 13.5. The highest BCUT2D eigenvalue weighted by Gasteiger charge is 2.30. The Hall–Kier alpha value is -4.27. The van der Waals surface area contributed by atoms with Gasteiger partial charge in [0.15, 0.2) is 5.82 Å². The first-order valence-corrected chi connectivity index (χ1v) is 12.5. The molecule has 0 spiro atoms. The highest BCUT2D eigenvalue weighted by atomic mass is 19.1. The van der Waals surface area contributed by atoms with Gasteiger partial charge >= 0.3 is 6.03 Å². The molecule has 0 aliphatic heterocycles. The van der Waals surface area contributed by atoms with Crippen LogP contribution in [0.2, 0.25) is 0 Å². The number of carbonyl (C=O) groups is 1. The zero-order chi connectivity index (χ0) is 25.6. The lowest BCUT2D eigenvalue weighted by Gasteiger charge is -2.37. The van der Waals surface area contributed by atoms with Gasteiger partial charge in [0.25, 0.3) is 0 Å². The van der Waals surface area contributed by atoms with Crippen molar-refractivity contribution in [1.29, 1.82) is 0 Å². The van der Waals surface area contributed by atoms with Gasteiger partial charge in [-0.1, -0.05) is 42.5 Å². The zero-order valence-electron chi connectivity index (χ0n) is 20.7. The van der Waals surface area contributed by atoms with Crippen LogP contribution in [0.3, 0.4) is 0 Å². The van der Waals surface area contributed by atoms with Crippen molar-refractivity contribution in [3.05, 3.63) is 90.8 Å². The molecule has 9 heteroatoms. The third-order valence-electron chi connectivity index (χ3n) is 6.70. The summed E-state index contributed by atoms with van der Waals surface area (Å²) in [6, 6.07) is 18.1. The summed E-state index contributed by atoms with van der Waals surface area (Å²) in [5, 5.41) is 10.7. The number of nitrogens with one attached hydrogen (secondary N) is 2. The van der Waals surface area contributed by atoms with Crippen LogP contribution in [0.15, 0.2) is 79.4 Å². The van der Waals surface area contributed by atoms with Crippen molar-refractivity contribution in [2.24, 2.45) is 7.05 Å². The maximum Gasteiger partial charge on any atom is 0.322 e. The molecule has 190 valence electrons. The summed E-state index contributed by atoms with van der Waals surface area (Å²) in [5.41, 5.74) is 3.99. The number of hydrogen-bond acceptors (Lipinski definition) is 5. The lowest BCUT2D eigenvalue weighted by atomic mass is 9.90. The van der Waals surface area contributed by atoms with E-state index in [4.69, 9.17) is 0 Å². The SMILES string of the molecule is Cn1cc(-c2ccc(N(C(=O)NCc3ccccc3)C3CCC(Nc4ncc(F)cn4)CC3)cc2)cn1. The predicted octanol–water partition coefficient (Wildman–Crippen LogP) is 5.16. The summed E-state index contributed by atoms with van der Waals surface area (Å²) < 4.78 is 14.9. The molecule has 0 unspecified atom stereocenters. The van der Waals surface area contributed by atoms with Gasteiger partial charge in [0.05, 0.1) is 18.6 Å². The van der Waals surface area contributed by atoms with Crippen molar-refractivity contribution in [3.63, 3.8) is 0 Å². The number of rotatable bonds is 7. The number of anilines is 2. The van der Waals surface area contributed by atoms with Gasteiger partial charge in [-0.15, -0.1) is 0 Å². The number of amides is 2.